The molecule has 5 heteroatoms. The van der Waals surface area contributed by atoms with Crippen LogP contribution in [0.15, 0.2) is 18.2 Å². The molecule has 0 heterocycles. The Morgan fingerprint density at radius 1 is 1.25 bits per heavy atom. The Morgan fingerprint density at radius 2 is 1.90 bits per heavy atom. The molecule has 5 nitrogen and oxygen atoms in total. The molecule has 1 aromatic rings. The van der Waals surface area contributed by atoms with Crippen molar-refractivity contribution in [3.8, 4) is 0 Å². The van der Waals surface area contributed by atoms with E-state index in [-0.39, 0.29) is 10.6 Å². The predicted molar refractivity (Wildman–Crippen MR) is 82.3 cm³/mol. The van der Waals surface area contributed by atoms with E-state index < -0.39 is 0 Å². The zero-order valence-electron chi connectivity index (χ0n) is 12.2. The van der Waals surface area contributed by atoms with Crippen LogP contribution in [0.1, 0.15) is 32.6 Å². The van der Waals surface area contributed by atoms with Crippen molar-refractivity contribution in [3.63, 3.8) is 0 Å². The summed E-state index contributed by atoms with van der Waals surface area (Å²) in [6.07, 6.45) is 4.97. The van der Waals surface area contributed by atoms with E-state index in [0.29, 0.717) is 17.3 Å². The van der Waals surface area contributed by atoms with Crippen LogP contribution in [0.25, 0.3) is 0 Å². The van der Waals surface area contributed by atoms with E-state index in [1.165, 1.54) is 25.7 Å². The highest BCUT2D eigenvalue weighted by atomic mass is 16.6. The normalized spacial score (nSPS) is 22.3. The number of nitro benzene ring substituents is 1. The molecule has 0 saturated heterocycles. The lowest BCUT2D eigenvalue weighted by Crippen LogP contribution is -2.20. The highest BCUT2D eigenvalue weighted by Gasteiger charge is 2.21. The topological polar surface area (TPSA) is 67.2 Å². The van der Waals surface area contributed by atoms with Gasteiger partial charge in [0.1, 0.15) is 11.4 Å². The maximum absolute atomic E-state index is 11.2. The first-order chi connectivity index (χ1) is 9.61. The van der Waals surface area contributed by atoms with Crippen molar-refractivity contribution in [1.82, 2.24) is 0 Å². The summed E-state index contributed by atoms with van der Waals surface area (Å²) in [6.45, 7) is 3.12. The standard InChI is InChI=1S/C15H23N3O2/c1-11-6-8-12(9-7-11)10-17-14-5-3-4-13(16-2)15(14)18(19)20/h3-5,11-12,16-17H,6-10H2,1-2H3. The minimum absolute atomic E-state index is 0.138. The van der Waals surface area contributed by atoms with E-state index in [1.807, 2.05) is 6.07 Å². The van der Waals surface area contributed by atoms with Gasteiger partial charge >= 0.3 is 5.69 Å². The largest absolute Gasteiger partial charge is 0.382 e. The summed E-state index contributed by atoms with van der Waals surface area (Å²) in [5, 5.41) is 17.4. The second-order valence-electron chi connectivity index (χ2n) is 5.72. The molecule has 0 bridgehead atoms. The summed E-state index contributed by atoms with van der Waals surface area (Å²) < 4.78 is 0. The summed E-state index contributed by atoms with van der Waals surface area (Å²) in [4.78, 5) is 10.9. The number of benzene rings is 1. The van der Waals surface area contributed by atoms with Gasteiger partial charge in [-0.1, -0.05) is 25.8 Å². The number of hydrogen-bond acceptors (Lipinski definition) is 4. The molecule has 2 N–H and O–H groups in total. The van der Waals surface area contributed by atoms with Gasteiger partial charge in [0.25, 0.3) is 0 Å². The summed E-state index contributed by atoms with van der Waals surface area (Å²) in [5.41, 5.74) is 1.30. The number of nitrogens with one attached hydrogen (secondary N) is 2. The number of rotatable bonds is 5. The van der Waals surface area contributed by atoms with Crippen LogP contribution in [-0.2, 0) is 0 Å². The smallest absolute Gasteiger partial charge is 0.315 e. The summed E-state index contributed by atoms with van der Waals surface area (Å²) >= 11 is 0. The third-order valence-corrected chi connectivity index (χ3v) is 4.20. The van der Waals surface area contributed by atoms with Crippen LogP contribution in [0.4, 0.5) is 17.1 Å². The quantitative estimate of drug-likeness (QED) is 0.633. The molecule has 0 atom stereocenters. The molecule has 110 valence electrons. The Morgan fingerprint density at radius 3 is 2.50 bits per heavy atom. The van der Waals surface area contributed by atoms with Gasteiger partial charge in [-0.05, 0) is 36.8 Å². The average molecular weight is 277 g/mol. The summed E-state index contributed by atoms with van der Waals surface area (Å²) in [7, 11) is 1.70. The summed E-state index contributed by atoms with van der Waals surface area (Å²) in [6, 6.07) is 5.35. The van der Waals surface area contributed by atoms with Crippen LogP contribution in [0.5, 0.6) is 0 Å². The zero-order chi connectivity index (χ0) is 14.5. The summed E-state index contributed by atoms with van der Waals surface area (Å²) in [5.74, 6) is 1.46. The highest BCUT2D eigenvalue weighted by molar-refractivity contribution is 5.75. The molecular formula is C15H23N3O2. The average Bonchev–Trinajstić information content (AvgIpc) is 2.46. The Balaban J connectivity index is 2.04. The Hall–Kier alpha value is -1.78. The number of nitro groups is 1. The van der Waals surface area contributed by atoms with Crippen LogP contribution >= 0.6 is 0 Å². The highest BCUT2D eigenvalue weighted by Crippen LogP contribution is 2.34. The van der Waals surface area contributed by atoms with Gasteiger partial charge in [-0.25, -0.2) is 0 Å². The molecule has 0 aliphatic heterocycles. The molecule has 0 amide bonds. The molecule has 1 saturated carbocycles. The van der Waals surface area contributed by atoms with Crippen molar-refractivity contribution in [3.05, 3.63) is 28.3 Å². The molecule has 2 rings (SSSR count). The van der Waals surface area contributed by atoms with Gasteiger partial charge in [0.2, 0.25) is 0 Å². The van der Waals surface area contributed by atoms with Gasteiger partial charge < -0.3 is 10.6 Å². The lowest BCUT2D eigenvalue weighted by Gasteiger charge is -2.26. The predicted octanol–water partition coefficient (Wildman–Crippen LogP) is 3.87. The van der Waals surface area contributed by atoms with Crippen LogP contribution in [0.3, 0.4) is 0 Å². The zero-order valence-corrected chi connectivity index (χ0v) is 12.2. The monoisotopic (exact) mass is 277 g/mol. The van der Waals surface area contributed by atoms with Crippen molar-refractivity contribution in [2.24, 2.45) is 11.8 Å². The fourth-order valence-corrected chi connectivity index (χ4v) is 2.87. The van der Waals surface area contributed by atoms with E-state index in [4.69, 9.17) is 0 Å². The van der Waals surface area contributed by atoms with Crippen LogP contribution in [0, 0.1) is 22.0 Å². The van der Waals surface area contributed by atoms with E-state index in [9.17, 15) is 10.1 Å². The van der Waals surface area contributed by atoms with Crippen LogP contribution in [0.2, 0.25) is 0 Å². The fraction of sp³-hybridized carbons (Fsp3) is 0.600. The Bertz CT molecular complexity index is 468. The first-order valence-electron chi connectivity index (χ1n) is 7.30. The second-order valence-corrected chi connectivity index (χ2v) is 5.72. The van der Waals surface area contributed by atoms with Gasteiger partial charge in [-0.2, -0.15) is 0 Å². The number of anilines is 2. The molecule has 1 aliphatic rings. The van der Waals surface area contributed by atoms with E-state index >= 15 is 0 Å². The number of para-hydroxylation sites is 1. The third kappa shape index (κ3) is 3.40. The molecule has 0 spiro atoms. The number of hydrogen-bond donors (Lipinski definition) is 2. The molecule has 0 radical (unpaired) electrons. The van der Waals surface area contributed by atoms with Gasteiger partial charge in [-0.15, -0.1) is 0 Å². The fourth-order valence-electron chi connectivity index (χ4n) is 2.87. The van der Waals surface area contributed by atoms with E-state index in [2.05, 4.69) is 17.6 Å². The van der Waals surface area contributed by atoms with Crippen molar-refractivity contribution in [2.75, 3.05) is 24.2 Å². The molecule has 1 aliphatic carbocycles. The molecule has 1 fully saturated rings. The molecule has 0 unspecified atom stereocenters. The third-order valence-electron chi connectivity index (χ3n) is 4.20. The SMILES string of the molecule is CNc1cccc(NCC2CCC(C)CC2)c1[N+](=O)[O-]. The first kappa shape index (κ1) is 14.6. The lowest BCUT2D eigenvalue weighted by molar-refractivity contribution is -0.383. The molecule has 20 heavy (non-hydrogen) atoms. The number of nitrogens with zero attached hydrogens (tertiary/aromatic N) is 1. The van der Waals surface area contributed by atoms with Crippen molar-refractivity contribution in [2.45, 2.75) is 32.6 Å². The van der Waals surface area contributed by atoms with Crippen molar-refractivity contribution < 1.29 is 4.92 Å². The lowest BCUT2D eigenvalue weighted by atomic mass is 9.83. The molecule has 0 aromatic heterocycles. The van der Waals surface area contributed by atoms with E-state index in [1.54, 1.807) is 19.2 Å². The molecule has 1 aromatic carbocycles. The van der Waals surface area contributed by atoms with Gasteiger partial charge in [0.15, 0.2) is 0 Å². The van der Waals surface area contributed by atoms with Crippen molar-refractivity contribution in [1.29, 1.82) is 0 Å². The molecular weight excluding hydrogens is 254 g/mol. The first-order valence-corrected chi connectivity index (χ1v) is 7.30. The van der Waals surface area contributed by atoms with E-state index in [0.717, 1.165) is 12.5 Å². The van der Waals surface area contributed by atoms with Crippen LogP contribution in [-0.4, -0.2) is 18.5 Å². The minimum atomic E-state index is -0.322. The van der Waals surface area contributed by atoms with Crippen molar-refractivity contribution >= 4 is 17.1 Å². The van der Waals surface area contributed by atoms with Gasteiger partial charge in [0, 0.05) is 13.6 Å². The maximum Gasteiger partial charge on any atom is 0.315 e. The van der Waals surface area contributed by atoms with Gasteiger partial charge in [-0.3, -0.25) is 10.1 Å². The Kier molecular flexibility index (Phi) is 4.82. The Labute approximate surface area is 119 Å². The minimum Gasteiger partial charge on any atom is -0.382 e. The van der Waals surface area contributed by atoms with Gasteiger partial charge in [0.05, 0.1) is 4.92 Å². The maximum atomic E-state index is 11.2. The van der Waals surface area contributed by atoms with Crippen LogP contribution < -0.4 is 10.6 Å². The second kappa shape index (κ2) is 6.59.